The molecule has 1 saturated carbocycles. The molecule has 1 N–H and O–H groups in total. The Morgan fingerprint density at radius 2 is 1.63 bits per heavy atom. The smallest absolute Gasteiger partial charge is 0.228 e. The second-order valence-corrected chi connectivity index (χ2v) is 6.72. The Labute approximate surface area is 127 Å². The van der Waals surface area contributed by atoms with Crippen molar-refractivity contribution in [1.29, 1.82) is 0 Å². The number of rotatable bonds is 2. The number of allylic oxidation sites excluding steroid dienone is 2. The van der Waals surface area contributed by atoms with Crippen molar-refractivity contribution in [3.8, 4) is 0 Å². The largest absolute Gasteiger partial charge is 0.326 e. The molecule has 1 aromatic rings. The molecule has 100 valence electrons. The third-order valence-electron chi connectivity index (χ3n) is 4.25. The number of amides is 1. The number of hydrogen-bond acceptors (Lipinski definition) is 1. The number of benzene rings is 1. The summed E-state index contributed by atoms with van der Waals surface area (Å²) in [6.45, 7) is 0. The lowest BCUT2D eigenvalue weighted by Gasteiger charge is -2.05. The zero-order valence-electron chi connectivity index (χ0n) is 10.8. The molecule has 0 bridgehead atoms. The summed E-state index contributed by atoms with van der Waals surface area (Å²) in [6.07, 6.45) is 9.14. The SMILES string of the molecule is O=C(Nc1ccc(I)cc1)C1C2CCC=CCCC21. The molecule has 2 unspecified atom stereocenters. The van der Waals surface area contributed by atoms with Gasteiger partial charge in [0.25, 0.3) is 0 Å². The van der Waals surface area contributed by atoms with Gasteiger partial charge in [0, 0.05) is 15.2 Å². The molecular weight excluding hydrogens is 349 g/mol. The van der Waals surface area contributed by atoms with Crippen molar-refractivity contribution in [1.82, 2.24) is 0 Å². The average molecular weight is 367 g/mol. The Bertz CT molecular complexity index is 478. The minimum Gasteiger partial charge on any atom is -0.326 e. The Kier molecular flexibility index (Phi) is 3.91. The van der Waals surface area contributed by atoms with Gasteiger partial charge >= 0.3 is 0 Å². The molecule has 2 aliphatic rings. The molecule has 0 spiro atoms. The fourth-order valence-corrected chi connectivity index (χ4v) is 3.55. The highest BCUT2D eigenvalue weighted by atomic mass is 127. The van der Waals surface area contributed by atoms with Crippen LogP contribution in [0.25, 0.3) is 0 Å². The molecule has 2 aliphatic carbocycles. The zero-order valence-corrected chi connectivity index (χ0v) is 13.0. The van der Waals surface area contributed by atoms with Crippen molar-refractivity contribution in [2.45, 2.75) is 25.7 Å². The Hall–Kier alpha value is -0.840. The van der Waals surface area contributed by atoms with E-state index in [1.54, 1.807) is 0 Å². The molecule has 19 heavy (non-hydrogen) atoms. The zero-order chi connectivity index (χ0) is 13.2. The van der Waals surface area contributed by atoms with E-state index in [1.165, 1.54) is 16.4 Å². The average Bonchev–Trinajstić information content (AvgIpc) is 3.03. The summed E-state index contributed by atoms with van der Waals surface area (Å²) < 4.78 is 1.19. The summed E-state index contributed by atoms with van der Waals surface area (Å²) in [5.41, 5.74) is 0.919. The van der Waals surface area contributed by atoms with Crippen LogP contribution in [0, 0.1) is 21.3 Å². The van der Waals surface area contributed by atoms with E-state index in [0.29, 0.717) is 11.8 Å². The van der Waals surface area contributed by atoms with E-state index in [9.17, 15) is 4.79 Å². The van der Waals surface area contributed by atoms with Crippen LogP contribution in [0.2, 0.25) is 0 Å². The molecule has 2 atom stereocenters. The van der Waals surface area contributed by atoms with Crippen LogP contribution in [0.5, 0.6) is 0 Å². The maximum atomic E-state index is 12.3. The Morgan fingerprint density at radius 1 is 1.05 bits per heavy atom. The van der Waals surface area contributed by atoms with Gasteiger partial charge in [-0.3, -0.25) is 4.79 Å². The summed E-state index contributed by atoms with van der Waals surface area (Å²) in [5.74, 6) is 1.71. The first-order valence-corrected chi connectivity index (χ1v) is 8.05. The van der Waals surface area contributed by atoms with Crippen molar-refractivity contribution in [2.75, 3.05) is 5.32 Å². The van der Waals surface area contributed by atoms with Crippen LogP contribution in [-0.4, -0.2) is 5.91 Å². The maximum Gasteiger partial charge on any atom is 0.228 e. The fraction of sp³-hybridized carbons (Fsp3) is 0.438. The number of fused-ring (bicyclic) bond motifs is 1. The predicted octanol–water partition coefficient (Wildman–Crippen LogP) is 4.22. The number of anilines is 1. The molecule has 1 amide bonds. The molecule has 2 nitrogen and oxygen atoms in total. The van der Waals surface area contributed by atoms with E-state index >= 15 is 0 Å². The molecule has 1 aromatic carbocycles. The van der Waals surface area contributed by atoms with Gasteiger partial charge < -0.3 is 5.32 Å². The topological polar surface area (TPSA) is 29.1 Å². The highest BCUT2D eigenvalue weighted by molar-refractivity contribution is 14.1. The van der Waals surface area contributed by atoms with Gasteiger partial charge in [0.05, 0.1) is 0 Å². The van der Waals surface area contributed by atoms with Crippen LogP contribution >= 0.6 is 22.6 Å². The van der Waals surface area contributed by atoms with E-state index in [-0.39, 0.29) is 11.8 Å². The van der Waals surface area contributed by atoms with Crippen LogP contribution in [-0.2, 0) is 4.79 Å². The minimum absolute atomic E-state index is 0.220. The van der Waals surface area contributed by atoms with E-state index in [4.69, 9.17) is 0 Å². The van der Waals surface area contributed by atoms with Gasteiger partial charge in [-0.25, -0.2) is 0 Å². The number of carbonyl (C=O) groups excluding carboxylic acids is 1. The second-order valence-electron chi connectivity index (χ2n) is 5.48. The van der Waals surface area contributed by atoms with Crippen molar-refractivity contribution < 1.29 is 4.79 Å². The van der Waals surface area contributed by atoms with Gasteiger partial charge in [0.1, 0.15) is 0 Å². The quantitative estimate of drug-likeness (QED) is 0.616. The van der Waals surface area contributed by atoms with E-state index < -0.39 is 0 Å². The van der Waals surface area contributed by atoms with Gasteiger partial charge in [0.15, 0.2) is 0 Å². The molecule has 0 saturated heterocycles. The summed E-state index contributed by atoms with van der Waals surface area (Å²) >= 11 is 2.27. The lowest BCUT2D eigenvalue weighted by molar-refractivity contribution is -0.117. The van der Waals surface area contributed by atoms with Crippen LogP contribution in [0.4, 0.5) is 5.69 Å². The van der Waals surface area contributed by atoms with E-state index in [2.05, 4.69) is 40.1 Å². The molecule has 0 heterocycles. The monoisotopic (exact) mass is 367 g/mol. The first-order valence-electron chi connectivity index (χ1n) is 6.97. The Balaban J connectivity index is 1.61. The van der Waals surface area contributed by atoms with Gasteiger partial charge in [-0.15, -0.1) is 0 Å². The summed E-state index contributed by atoms with van der Waals surface area (Å²) in [7, 11) is 0. The highest BCUT2D eigenvalue weighted by Gasteiger charge is 2.53. The van der Waals surface area contributed by atoms with E-state index in [1.807, 2.05) is 24.3 Å². The number of hydrogen-bond donors (Lipinski definition) is 1. The molecule has 0 radical (unpaired) electrons. The Morgan fingerprint density at radius 3 is 2.21 bits per heavy atom. The summed E-state index contributed by atoms with van der Waals surface area (Å²) in [5, 5.41) is 3.07. The van der Waals surface area contributed by atoms with Crippen molar-refractivity contribution in [3.63, 3.8) is 0 Å². The van der Waals surface area contributed by atoms with Crippen LogP contribution in [0.3, 0.4) is 0 Å². The lowest BCUT2D eigenvalue weighted by Crippen LogP contribution is -2.15. The molecular formula is C16H18INO. The molecule has 0 aromatic heterocycles. The third-order valence-corrected chi connectivity index (χ3v) is 4.97. The molecule has 3 heteroatoms. The first-order chi connectivity index (χ1) is 9.25. The summed E-state index contributed by atoms with van der Waals surface area (Å²) in [6, 6.07) is 8.00. The molecule has 3 rings (SSSR count). The first kappa shape index (κ1) is 13.2. The number of carbonyl (C=O) groups is 1. The predicted molar refractivity (Wildman–Crippen MR) is 85.9 cm³/mol. The molecule has 0 aliphatic heterocycles. The van der Waals surface area contributed by atoms with Gasteiger partial charge in [0.2, 0.25) is 5.91 Å². The van der Waals surface area contributed by atoms with Crippen molar-refractivity contribution >= 4 is 34.2 Å². The van der Waals surface area contributed by atoms with Crippen molar-refractivity contribution in [3.05, 3.63) is 40.0 Å². The summed E-state index contributed by atoms with van der Waals surface area (Å²) in [4.78, 5) is 12.3. The van der Waals surface area contributed by atoms with Gasteiger partial charge in [-0.1, -0.05) is 12.2 Å². The van der Waals surface area contributed by atoms with Crippen molar-refractivity contribution in [2.24, 2.45) is 17.8 Å². The second kappa shape index (κ2) is 5.65. The minimum atomic E-state index is 0.220. The van der Waals surface area contributed by atoms with E-state index in [0.717, 1.165) is 18.5 Å². The van der Waals surface area contributed by atoms with Gasteiger partial charge in [-0.2, -0.15) is 0 Å². The fourth-order valence-electron chi connectivity index (χ4n) is 3.19. The maximum absolute atomic E-state index is 12.3. The number of nitrogens with one attached hydrogen (secondary N) is 1. The number of halogens is 1. The van der Waals surface area contributed by atoms with Crippen LogP contribution in [0.15, 0.2) is 36.4 Å². The van der Waals surface area contributed by atoms with Crippen LogP contribution in [0.1, 0.15) is 25.7 Å². The highest BCUT2D eigenvalue weighted by Crippen LogP contribution is 2.53. The third kappa shape index (κ3) is 3.02. The van der Waals surface area contributed by atoms with Gasteiger partial charge in [-0.05, 0) is 84.4 Å². The molecule has 1 fully saturated rings. The van der Waals surface area contributed by atoms with Crippen LogP contribution < -0.4 is 5.32 Å². The lowest BCUT2D eigenvalue weighted by atomic mass is 10.1. The standard InChI is InChI=1S/C16H18INO/c17-11-7-9-12(10-8-11)18-16(19)15-13-5-3-1-2-4-6-14(13)15/h1-2,7-10,13-15H,3-6H2,(H,18,19). The normalized spacial score (nSPS) is 29.0.